The second-order valence-electron chi connectivity index (χ2n) is 10.3. The predicted molar refractivity (Wildman–Crippen MR) is 162 cm³/mol. The van der Waals surface area contributed by atoms with Gasteiger partial charge in [0.1, 0.15) is 5.75 Å². The average Bonchev–Trinajstić information content (AvgIpc) is 3.32. The maximum Gasteiger partial charge on any atom is 0.251 e. The highest BCUT2D eigenvalue weighted by Gasteiger charge is 2.27. The number of benzene rings is 2. The number of methoxy groups -OCH3 is 1. The van der Waals surface area contributed by atoms with E-state index >= 15 is 0 Å². The molecule has 0 bridgehead atoms. The molecule has 1 amide bonds. The van der Waals surface area contributed by atoms with Crippen LogP contribution in [0.15, 0.2) is 53.7 Å². The van der Waals surface area contributed by atoms with Gasteiger partial charge in [-0.2, -0.15) is 5.10 Å². The van der Waals surface area contributed by atoms with Gasteiger partial charge in [-0.15, -0.1) is 0 Å². The van der Waals surface area contributed by atoms with Gasteiger partial charge in [0.25, 0.3) is 5.91 Å². The summed E-state index contributed by atoms with van der Waals surface area (Å²) >= 11 is 0. The first-order valence-electron chi connectivity index (χ1n) is 13.5. The summed E-state index contributed by atoms with van der Waals surface area (Å²) in [6, 6.07) is 13.5. The molecule has 2 aromatic heterocycles. The normalized spacial score (nSPS) is 13.0. The van der Waals surface area contributed by atoms with Crippen molar-refractivity contribution in [3.63, 3.8) is 0 Å². The van der Waals surface area contributed by atoms with E-state index in [4.69, 9.17) is 20.2 Å². The lowest BCUT2D eigenvalue weighted by molar-refractivity contribution is 0.0943. The quantitative estimate of drug-likeness (QED) is 0.252. The van der Waals surface area contributed by atoms with E-state index < -0.39 is 0 Å². The first-order chi connectivity index (χ1) is 19.8. The van der Waals surface area contributed by atoms with Gasteiger partial charge in [-0.05, 0) is 56.0 Å². The Balaban J connectivity index is 1.49. The number of nitrogens with one attached hydrogen (secondary N) is 3. The van der Waals surface area contributed by atoms with Crippen LogP contribution in [-0.2, 0) is 19.9 Å². The van der Waals surface area contributed by atoms with Crippen molar-refractivity contribution in [3.8, 4) is 28.3 Å². The van der Waals surface area contributed by atoms with E-state index in [0.29, 0.717) is 22.9 Å². The number of anilines is 2. The van der Waals surface area contributed by atoms with Crippen LogP contribution in [0.25, 0.3) is 22.5 Å². The number of amides is 1. The highest BCUT2D eigenvalue weighted by molar-refractivity contribution is 5.95. The molecule has 0 fully saturated rings. The second-order valence-corrected chi connectivity index (χ2v) is 10.3. The fourth-order valence-electron chi connectivity index (χ4n) is 5.10. The monoisotopic (exact) mass is 550 g/mol. The summed E-state index contributed by atoms with van der Waals surface area (Å²) < 4.78 is 7.49. The van der Waals surface area contributed by atoms with Crippen LogP contribution < -0.4 is 15.4 Å². The van der Waals surface area contributed by atoms with Crippen molar-refractivity contribution in [2.45, 2.75) is 38.6 Å². The minimum atomic E-state index is -0.161. The molecule has 4 aromatic rings. The molecule has 2 heterocycles. The van der Waals surface area contributed by atoms with Crippen LogP contribution >= 0.6 is 0 Å². The lowest BCUT2D eigenvalue weighted by Gasteiger charge is -2.18. The molecule has 210 valence electrons. The Morgan fingerprint density at radius 3 is 2.63 bits per heavy atom. The lowest BCUT2D eigenvalue weighted by atomic mass is 9.91. The summed E-state index contributed by atoms with van der Waals surface area (Å²) in [7, 11) is 5.23. The summed E-state index contributed by atoms with van der Waals surface area (Å²) in [5.41, 5.74) is 8.06. The van der Waals surface area contributed by atoms with E-state index in [1.54, 1.807) is 38.6 Å². The summed E-state index contributed by atoms with van der Waals surface area (Å²) in [5, 5.41) is 18.7. The number of nitrogens with zero attached hydrogens (tertiary/aromatic N) is 5. The lowest BCUT2D eigenvalue weighted by Crippen LogP contribution is -2.30. The molecule has 1 aliphatic carbocycles. The van der Waals surface area contributed by atoms with Crippen molar-refractivity contribution in [3.05, 3.63) is 71.0 Å². The summed E-state index contributed by atoms with van der Waals surface area (Å²) in [4.78, 5) is 26.1. The summed E-state index contributed by atoms with van der Waals surface area (Å²) in [5.74, 6) is 0.618. The minimum absolute atomic E-state index is 0.0320. The van der Waals surface area contributed by atoms with E-state index in [-0.39, 0.29) is 17.9 Å². The summed E-state index contributed by atoms with van der Waals surface area (Å²) in [6.07, 6.45) is 6.62. The van der Waals surface area contributed by atoms with Crippen LogP contribution in [0.1, 0.15) is 46.9 Å². The first-order valence-corrected chi connectivity index (χ1v) is 13.5. The summed E-state index contributed by atoms with van der Waals surface area (Å²) in [6.45, 7) is 3.84. The molecule has 10 heteroatoms. The molecule has 0 saturated heterocycles. The molecule has 1 unspecified atom stereocenters. The van der Waals surface area contributed by atoms with Gasteiger partial charge in [-0.3, -0.25) is 14.5 Å². The van der Waals surface area contributed by atoms with Gasteiger partial charge >= 0.3 is 0 Å². The standard InChI is InChI=1S/C31H34N8O2/c1-18(2)35-30(40)21-10-12-24(26(14-21)41-5)36-31-34-17-22-11-13-25-27(28(22)37-31)29(39(4)38-25)20-8-6-19(7-9-20)23(15-32)16-33-3/h6-10,12,14-18,23,32H,11,13H2,1-5H3,(H,35,40)(H,34,36,37). The molecule has 41 heavy (non-hydrogen) atoms. The van der Waals surface area contributed by atoms with Gasteiger partial charge in [-0.25, -0.2) is 9.97 Å². The SMILES string of the molecule is CN=CC(C=N)c1ccc(-c2c3c(nn2C)CCc2cnc(Nc4ccc(C(=O)NC(C)C)cc4OC)nc2-3)cc1. The van der Waals surface area contributed by atoms with Gasteiger partial charge in [0, 0.05) is 55.5 Å². The van der Waals surface area contributed by atoms with Crippen molar-refractivity contribution < 1.29 is 9.53 Å². The highest BCUT2D eigenvalue weighted by Crippen LogP contribution is 2.40. The molecule has 2 aromatic carbocycles. The maximum absolute atomic E-state index is 12.5. The van der Waals surface area contributed by atoms with Crippen LogP contribution in [0.3, 0.4) is 0 Å². The van der Waals surface area contributed by atoms with Gasteiger partial charge in [0.05, 0.1) is 35.8 Å². The van der Waals surface area contributed by atoms with Crippen LogP contribution in [-0.4, -0.2) is 58.3 Å². The Kier molecular flexibility index (Phi) is 7.91. The highest BCUT2D eigenvalue weighted by atomic mass is 16.5. The Hall–Kier alpha value is -4.86. The number of hydrogen-bond acceptors (Lipinski definition) is 8. The molecular weight excluding hydrogens is 516 g/mol. The zero-order valence-corrected chi connectivity index (χ0v) is 23.9. The van der Waals surface area contributed by atoms with Crippen LogP contribution in [0.2, 0.25) is 0 Å². The Morgan fingerprint density at radius 2 is 1.95 bits per heavy atom. The molecule has 0 saturated carbocycles. The van der Waals surface area contributed by atoms with Crippen LogP contribution in [0.5, 0.6) is 5.75 Å². The molecule has 1 atom stereocenters. The zero-order chi connectivity index (χ0) is 29.1. The fourth-order valence-corrected chi connectivity index (χ4v) is 5.10. The Morgan fingerprint density at radius 1 is 1.17 bits per heavy atom. The van der Waals surface area contributed by atoms with Crippen LogP contribution in [0, 0.1) is 5.41 Å². The number of hydrogen-bond donors (Lipinski definition) is 3. The van der Waals surface area contributed by atoms with Gasteiger partial charge < -0.3 is 20.8 Å². The Labute approximate surface area is 239 Å². The topological polar surface area (TPSA) is 130 Å². The van der Waals surface area contributed by atoms with Gasteiger partial charge in [0.2, 0.25) is 5.95 Å². The van der Waals surface area contributed by atoms with E-state index in [2.05, 4.69) is 32.7 Å². The molecule has 1 aliphatic rings. The van der Waals surface area contributed by atoms with Crippen molar-refractivity contribution >= 4 is 30.0 Å². The molecule has 5 rings (SSSR count). The van der Waals surface area contributed by atoms with Crippen molar-refractivity contribution in [1.82, 2.24) is 25.1 Å². The number of aryl methyl sites for hydroxylation is 3. The fraction of sp³-hybridized carbons (Fsp3) is 0.290. The molecule has 0 spiro atoms. The van der Waals surface area contributed by atoms with Gasteiger partial charge in [-0.1, -0.05) is 24.3 Å². The third-order valence-corrected chi connectivity index (χ3v) is 7.04. The van der Waals surface area contributed by atoms with E-state index in [1.807, 2.05) is 43.9 Å². The number of aromatic nitrogens is 4. The number of aliphatic imine (C=N–C) groups is 1. The van der Waals surface area contributed by atoms with Crippen LogP contribution in [0.4, 0.5) is 11.6 Å². The number of carbonyl (C=O) groups is 1. The predicted octanol–water partition coefficient (Wildman–Crippen LogP) is 4.97. The molecule has 10 nitrogen and oxygen atoms in total. The average molecular weight is 551 g/mol. The maximum atomic E-state index is 12.5. The molecule has 3 N–H and O–H groups in total. The number of ether oxygens (including phenoxy) is 1. The smallest absolute Gasteiger partial charge is 0.251 e. The first kappa shape index (κ1) is 27.7. The van der Waals surface area contributed by atoms with Crippen molar-refractivity contribution in [2.75, 3.05) is 19.5 Å². The minimum Gasteiger partial charge on any atom is -0.495 e. The molecule has 0 radical (unpaired) electrons. The Bertz CT molecular complexity index is 1620. The van der Waals surface area contributed by atoms with E-state index in [9.17, 15) is 4.79 Å². The number of fused-ring (bicyclic) bond motifs is 3. The molecular formula is C31H34N8O2. The number of rotatable bonds is 9. The number of carbonyl (C=O) groups excluding carboxylic acids is 1. The zero-order valence-electron chi connectivity index (χ0n) is 23.9. The molecule has 0 aliphatic heterocycles. The van der Waals surface area contributed by atoms with E-state index in [0.717, 1.165) is 52.2 Å². The third kappa shape index (κ3) is 5.58. The van der Waals surface area contributed by atoms with E-state index in [1.165, 1.54) is 6.21 Å². The van der Waals surface area contributed by atoms with Gasteiger partial charge in [0.15, 0.2) is 0 Å². The van der Waals surface area contributed by atoms with Crippen molar-refractivity contribution in [2.24, 2.45) is 12.0 Å². The van der Waals surface area contributed by atoms with Crippen molar-refractivity contribution in [1.29, 1.82) is 5.41 Å². The third-order valence-electron chi connectivity index (χ3n) is 7.04. The second kappa shape index (κ2) is 11.7. The largest absolute Gasteiger partial charge is 0.495 e.